The van der Waals surface area contributed by atoms with Crippen LogP contribution >= 0.6 is 31.9 Å². The summed E-state index contributed by atoms with van der Waals surface area (Å²) in [5.74, 6) is -0.861. The SMILES string of the molecule is CC(CBr)(CBr)NC(=O)c1cncc(F)c1. The molecule has 1 amide bonds. The van der Waals surface area contributed by atoms with Gasteiger partial charge in [-0.2, -0.15) is 0 Å². The van der Waals surface area contributed by atoms with Gasteiger partial charge in [0.2, 0.25) is 0 Å². The maximum Gasteiger partial charge on any atom is 0.253 e. The van der Waals surface area contributed by atoms with E-state index in [9.17, 15) is 9.18 Å². The normalized spacial score (nSPS) is 11.2. The number of amides is 1. The summed E-state index contributed by atoms with van der Waals surface area (Å²) in [4.78, 5) is 15.4. The number of halogens is 3. The molecule has 0 saturated carbocycles. The fourth-order valence-electron chi connectivity index (χ4n) is 0.985. The molecule has 88 valence electrons. The number of pyridine rings is 1. The third kappa shape index (κ3) is 3.52. The summed E-state index contributed by atoms with van der Waals surface area (Å²) in [5, 5.41) is 3.99. The molecule has 0 saturated heterocycles. The summed E-state index contributed by atoms with van der Waals surface area (Å²) in [7, 11) is 0. The van der Waals surface area contributed by atoms with Gasteiger partial charge in [0.25, 0.3) is 5.91 Å². The van der Waals surface area contributed by atoms with Gasteiger partial charge in [0.05, 0.1) is 17.3 Å². The summed E-state index contributed by atoms with van der Waals surface area (Å²) >= 11 is 6.63. The van der Waals surface area contributed by atoms with Crippen molar-refractivity contribution in [2.45, 2.75) is 12.5 Å². The fourth-order valence-corrected chi connectivity index (χ4v) is 2.19. The van der Waals surface area contributed by atoms with Gasteiger partial charge in [-0.3, -0.25) is 9.78 Å². The third-order valence-corrected chi connectivity index (χ3v) is 4.45. The van der Waals surface area contributed by atoms with Crippen LogP contribution in [0.15, 0.2) is 18.5 Å². The second kappa shape index (κ2) is 5.72. The predicted molar refractivity (Wildman–Crippen MR) is 67.7 cm³/mol. The molecule has 1 aromatic heterocycles. The Morgan fingerprint density at radius 1 is 1.50 bits per heavy atom. The van der Waals surface area contributed by atoms with E-state index in [1.165, 1.54) is 6.20 Å². The van der Waals surface area contributed by atoms with Crippen molar-refractivity contribution in [2.75, 3.05) is 10.7 Å². The van der Waals surface area contributed by atoms with Gasteiger partial charge in [-0.25, -0.2) is 4.39 Å². The topological polar surface area (TPSA) is 42.0 Å². The van der Waals surface area contributed by atoms with Crippen LogP contribution in [0.3, 0.4) is 0 Å². The molecule has 0 atom stereocenters. The van der Waals surface area contributed by atoms with Crippen LogP contribution in [0.4, 0.5) is 4.39 Å². The van der Waals surface area contributed by atoms with Crippen molar-refractivity contribution in [3.63, 3.8) is 0 Å². The standard InChI is InChI=1S/C10H11Br2FN2O/c1-10(5-11,6-12)15-9(16)7-2-8(13)4-14-3-7/h2-4H,5-6H2,1H3,(H,15,16). The zero-order valence-electron chi connectivity index (χ0n) is 8.64. The second-order valence-corrected chi connectivity index (χ2v) is 4.80. The van der Waals surface area contributed by atoms with Crippen LogP contribution in [-0.2, 0) is 0 Å². The highest BCUT2D eigenvalue weighted by Gasteiger charge is 2.24. The Balaban J connectivity index is 2.80. The van der Waals surface area contributed by atoms with E-state index < -0.39 is 11.4 Å². The Morgan fingerprint density at radius 3 is 2.62 bits per heavy atom. The minimum Gasteiger partial charge on any atom is -0.345 e. The van der Waals surface area contributed by atoms with E-state index in [2.05, 4.69) is 42.2 Å². The molecule has 0 aliphatic heterocycles. The largest absolute Gasteiger partial charge is 0.345 e. The van der Waals surface area contributed by atoms with Crippen molar-refractivity contribution in [1.29, 1.82) is 0 Å². The molecule has 0 aliphatic rings. The lowest BCUT2D eigenvalue weighted by molar-refractivity contribution is 0.0922. The van der Waals surface area contributed by atoms with Crippen LogP contribution in [0.1, 0.15) is 17.3 Å². The minimum absolute atomic E-state index is 0.216. The molecule has 0 unspecified atom stereocenters. The number of rotatable bonds is 4. The smallest absolute Gasteiger partial charge is 0.253 e. The van der Waals surface area contributed by atoms with Gasteiger partial charge in [0, 0.05) is 16.9 Å². The first kappa shape index (κ1) is 13.6. The Labute approximate surface area is 110 Å². The van der Waals surface area contributed by atoms with E-state index >= 15 is 0 Å². The molecule has 0 aliphatic carbocycles. The van der Waals surface area contributed by atoms with Gasteiger partial charge in [-0.15, -0.1) is 0 Å². The number of carbonyl (C=O) groups excluding carboxylic acids is 1. The first-order valence-corrected chi connectivity index (χ1v) is 6.80. The van der Waals surface area contributed by atoms with E-state index in [0.717, 1.165) is 12.3 Å². The Kier molecular flexibility index (Phi) is 4.86. The highest BCUT2D eigenvalue weighted by molar-refractivity contribution is 9.09. The molecule has 0 aromatic carbocycles. The summed E-state index contributed by atoms with van der Waals surface area (Å²) in [6.45, 7) is 1.88. The number of alkyl halides is 2. The number of nitrogens with zero attached hydrogens (tertiary/aromatic N) is 1. The van der Waals surface area contributed by atoms with E-state index in [1.807, 2.05) is 6.92 Å². The van der Waals surface area contributed by atoms with E-state index in [1.54, 1.807) is 0 Å². The zero-order chi connectivity index (χ0) is 12.2. The molecule has 0 spiro atoms. The van der Waals surface area contributed by atoms with E-state index in [-0.39, 0.29) is 11.5 Å². The summed E-state index contributed by atoms with van der Waals surface area (Å²) in [6.07, 6.45) is 2.40. The Morgan fingerprint density at radius 2 is 2.12 bits per heavy atom. The lowest BCUT2D eigenvalue weighted by Gasteiger charge is -2.26. The van der Waals surface area contributed by atoms with Crippen LogP contribution < -0.4 is 5.32 Å². The Bertz CT molecular complexity index is 383. The minimum atomic E-state index is -0.521. The van der Waals surface area contributed by atoms with Crippen molar-refractivity contribution in [2.24, 2.45) is 0 Å². The fraction of sp³-hybridized carbons (Fsp3) is 0.400. The quantitative estimate of drug-likeness (QED) is 0.845. The monoisotopic (exact) mass is 352 g/mol. The van der Waals surface area contributed by atoms with Crippen LogP contribution in [-0.4, -0.2) is 27.1 Å². The van der Waals surface area contributed by atoms with Crippen LogP contribution in [0.25, 0.3) is 0 Å². The molecule has 16 heavy (non-hydrogen) atoms. The maximum absolute atomic E-state index is 12.9. The van der Waals surface area contributed by atoms with E-state index in [4.69, 9.17) is 0 Å². The first-order chi connectivity index (χ1) is 7.50. The van der Waals surface area contributed by atoms with Crippen LogP contribution in [0, 0.1) is 5.82 Å². The van der Waals surface area contributed by atoms with Crippen LogP contribution in [0.5, 0.6) is 0 Å². The van der Waals surface area contributed by atoms with Gasteiger partial charge < -0.3 is 5.32 Å². The lowest BCUT2D eigenvalue weighted by Crippen LogP contribution is -2.49. The zero-order valence-corrected chi connectivity index (χ0v) is 11.8. The molecule has 1 heterocycles. The van der Waals surface area contributed by atoms with Crippen molar-refractivity contribution in [3.8, 4) is 0 Å². The van der Waals surface area contributed by atoms with Crippen molar-refractivity contribution >= 4 is 37.8 Å². The van der Waals surface area contributed by atoms with Gasteiger partial charge in [0.15, 0.2) is 0 Å². The number of nitrogens with one attached hydrogen (secondary N) is 1. The molecule has 1 aromatic rings. The number of aromatic nitrogens is 1. The molecule has 0 fully saturated rings. The van der Waals surface area contributed by atoms with Gasteiger partial charge in [0.1, 0.15) is 5.82 Å². The summed E-state index contributed by atoms with van der Waals surface area (Å²) in [6, 6.07) is 1.16. The highest BCUT2D eigenvalue weighted by atomic mass is 79.9. The van der Waals surface area contributed by atoms with E-state index in [0.29, 0.717) is 10.7 Å². The lowest BCUT2D eigenvalue weighted by atomic mass is 10.1. The molecule has 1 N–H and O–H groups in total. The third-order valence-electron chi connectivity index (χ3n) is 1.97. The Hall–Kier alpha value is -0.490. The molecule has 0 bridgehead atoms. The van der Waals surface area contributed by atoms with Crippen LogP contribution in [0.2, 0.25) is 0 Å². The molecule has 6 heteroatoms. The average molecular weight is 354 g/mol. The molecule has 0 radical (unpaired) electrons. The van der Waals surface area contributed by atoms with Gasteiger partial charge in [-0.1, -0.05) is 31.9 Å². The van der Waals surface area contributed by atoms with Crippen molar-refractivity contribution < 1.29 is 9.18 Å². The summed E-state index contributed by atoms with van der Waals surface area (Å²) in [5.41, 5.74) is -0.197. The average Bonchev–Trinajstić information content (AvgIpc) is 2.29. The summed E-state index contributed by atoms with van der Waals surface area (Å²) < 4.78 is 12.9. The molecular formula is C10H11Br2FN2O. The molecular weight excluding hydrogens is 343 g/mol. The number of hydrogen-bond acceptors (Lipinski definition) is 2. The number of hydrogen-bond donors (Lipinski definition) is 1. The van der Waals surface area contributed by atoms with Gasteiger partial charge >= 0.3 is 0 Å². The highest BCUT2D eigenvalue weighted by Crippen LogP contribution is 2.12. The second-order valence-electron chi connectivity index (χ2n) is 3.67. The van der Waals surface area contributed by atoms with Crippen molar-refractivity contribution in [1.82, 2.24) is 10.3 Å². The molecule has 3 nitrogen and oxygen atoms in total. The maximum atomic E-state index is 12.9. The van der Waals surface area contributed by atoms with Crippen molar-refractivity contribution in [3.05, 3.63) is 29.8 Å². The number of carbonyl (C=O) groups is 1. The molecule has 1 rings (SSSR count). The predicted octanol–water partition coefficient (Wildman–Crippen LogP) is 2.50. The van der Waals surface area contributed by atoms with Gasteiger partial charge in [-0.05, 0) is 13.0 Å². The first-order valence-electron chi connectivity index (χ1n) is 4.56.